The quantitative estimate of drug-likeness (QED) is 0.616. The fourth-order valence-electron chi connectivity index (χ4n) is 2.88. The molecular weight excluding hydrogens is 242 g/mol. The Morgan fingerprint density at radius 1 is 0.800 bits per heavy atom. The molecule has 0 aromatic heterocycles. The summed E-state index contributed by atoms with van der Waals surface area (Å²) >= 11 is 0. The summed E-state index contributed by atoms with van der Waals surface area (Å²) in [6, 6.07) is 15.4. The number of hydrogen-bond acceptors (Lipinski definition) is 1. The summed E-state index contributed by atoms with van der Waals surface area (Å²) in [5.74, 6) is 0. The molecule has 0 atom stereocenters. The highest BCUT2D eigenvalue weighted by atomic mass is 15.1. The van der Waals surface area contributed by atoms with Crippen molar-refractivity contribution in [3.8, 4) is 0 Å². The molecule has 0 saturated heterocycles. The van der Waals surface area contributed by atoms with Gasteiger partial charge in [0.15, 0.2) is 0 Å². The average molecular weight is 269 g/mol. The van der Waals surface area contributed by atoms with Gasteiger partial charge in [0.2, 0.25) is 0 Å². The molecule has 1 nitrogen and oxygen atoms in total. The normalized spacial score (nSPS) is 11.3. The molecule has 0 radical (unpaired) electrons. The van der Waals surface area contributed by atoms with Crippen molar-refractivity contribution in [3.05, 3.63) is 48.0 Å². The molecule has 2 rings (SSSR count). The molecule has 0 amide bonds. The van der Waals surface area contributed by atoms with E-state index in [1.165, 1.54) is 61.7 Å². The second-order valence-electron chi connectivity index (χ2n) is 5.48. The number of unbranched alkanes of at least 4 members (excludes halogenated alkanes) is 2. The Bertz CT molecular complexity index is 509. The second kappa shape index (κ2) is 8.06. The van der Waals surface area contributed by atoms with Gasteiger partial charge < -0.3 is 4.90 Å². The minimum Gasteiger partial charge on any atom is -0.304 e. The smallest absolute Gasteiger partial charge is 0.00190 e. The van der Waals surface area contributed by atoms with E-state index in [4.69, 9.17) is 0 Å². The predicted molar refractivity (Wildman–Crippen MR) is 89.3 cm³/mol. The third-order valence-electron chi connectivity index (χ3n) is 4.19. The van der Waals surface area contributed by atoms with E-state index in [0.29, 0.717) is 0 Å². The summed E-state index contributed by atoms with van der Waals surface area (Å²) in [7, 11) is 0. The van der Waals surface area contributed by atoms with Gasteiger partial charge in [-0.15, -0.1) is 0 Å². The second-order valence-corrected chi connectivity index (χ2v) is 5.48. The molecule has 0 heterocycles. The minimum absolute atomic E-state index is 1.18. The van der Waals surface area contributed by atoms with Gasteiger partial charge in [0.05, 0.1) is 0 Å². The molecule has 0 spiro atoms. The van der Waals surface area contributed by atoms with Crippen LogP contribution in [0.2, 0.25) is 0 Å². The number of benzene rings is 2. The van der Waals surface area contributed by atoms with Crippen LogP contribution in [0, 0.1) is 0 Å². The van der Waals surface area contributed by atoms with Crippen LogP contribution in [0.4, 0.5) is 0 Å². The Balaban J connectivity index is 1.81. The SMILES string of the molecule is CCN(CC)CCCCCc1cccc2ccccc12. The van der Waals surface area contributed by atoms with Gasteiger partial charge in [-0.1, -0.05) is 62.7 Å². The highest BCUT2D eigenvalue weighted by molar-refractivity contribution is 5.85. The Morgan fingerprint density at radius 2 is 1.55 bits per heavy atom. The van der Waals surface area contributed by atoms with Gasteiger partial charge in [-0.05, 0) is 55.2 Å². The summed E-state index contributed by atoms with van der Waals surface area (Å²) in [6.07, 6.45) is 5.17. The number of hydrogen-bond donors (Lipinski definition) is 0. The molecule has 2 aromatic rings. The first-order valence-corrected chi connectivity index (χ1v) is 8.04. The number of aryl methyl sites for hydroxylation is 1. The number of rotatable bonds is 8. The van der Waals surface area contributed by atoms with Gasteiger partial charge in [-0.25, -0.2) is 0 Å². The van der Waals surface area contributed by atoms with Crippen molar-refractivity contribution < 1.29 is 0 Å². The highest BCUT2D eigenvalue weighted by Gasteiger charge is 2.01. The van der Waals surface area contributed by atoms with Crippen molar-refractivity contribution in [2.75, 3.05) is 19.6 Å². The average Bonchev–Trinajstić information content (AvgIpc) is 2.51. The maximum absolute atomic E-state index is 2.51. The van der Waals surface area contributed by atoms with Gasteiger partial charge in [0.1, 0.15) is 0 Å². The summed E-state index contributed by atoms with van der Waals surface area (Å²) in [4.78, 5) is 2.51. The van der Waals surface area contributed by atoms with Crippen LogP contribution in [0.15, 0.2) is 42.5 Å². The predicted octanol–water partition coefficient (Wildman–Crippen LogP) is 4.89. The van der Waals surface area contributed by atoms with Crippen LogP contribution >= 0.6 is 0 Å². The minimum atomic E-state index is 1.18. The van der Waals surface area contributed by atoms with Crippen LogP contribution in [-0.4, -0.2) is 24.5 Å². The molecule has 0 fully saturated rings. The van der Waals surface area contributed by atoms with E-state index in [2.05, 4.69) is 61.2 Å². The van der Waals surface area contributed by atoms with E-state index < -0.39 is 0 Å². The fraction of sp³-hybridized carbons (Fsp3) is 0.474. The molecule has 0 unspecified atom stereocenters. The van der Waals surface area contributed by atoms with E-state index in [1.54, 1.807) is 0 Å². The third-order valence-corrected chi connectivity index (χ3v) is 4.19. The molecule has 0 aliphatic heterocycles. The molecule has 0 aliphatic carbocycles. The van der Waals surface area contributed by atoms with Crippen molar-refractivity contribution in [1.82, 2.24) is 4.90 Å². The van der Waals surface area contributed by atoms with Gasteiger partial charge >= 0.3 is 0 Å². The maximum atomic E-state index is 2.51. The molecule has 20 heavy (non-hydrogen) atoms. The van der Waals surface area contributed by atoms with Gasteiger partial charge in [-0.2, -0.15) is 0 Å². The lowest BCUT2D eigenvalue weighted by Crippen LogP contribution is -2.23. The Labute approximate surface area is 123 Å². The van der Waals surface area contributed by atoms with E-state index in [-0.39, 0.29) is 0 Å². The summed E-state index contributed by atoms with van der Waals surface area (Å²) < 4.78 is 0. The van der Waals surface area contributed by atoms with Gasteiger partial charge in [0, 0.05) is 0 Å². The monoisotopic (exact) mass is 269 g/mol. The zero-order valence-corrected chi connectivity index (χ0v) is 12.9. The Hall–Kier alpha value is -1.34. The molecule has 0 saturated carbocycles. The van der Waals surface area contributed by atoms with Crippen LogP contribution in [-0.2, 0) is 6.42 Å². The zero-order chi connectivity index (χ0) is 14.2. The Kier molecular flexibility index (Phi) is 6.07. The van der Waals surface area contributed by atoms with Crippen molar-refractivity contribution in [2.45, 2.75) is 39.5 Å². The first-order chi connectivity index (χ1) is 9.85. The van der Waals surface area contributed by atoms with E-state index in [9.17, 15) is 0 Å². The Morgan fingerprint density at radius 3 is 2.35 bits per heavy atom. The number of nitrogens with zero attached hydrogens (tertiary/aromatic N) is 1. The third kappa shape index (κ3) is 4.08. The fourth-order valence-corrected chi connectivity index (χ4v) is 2.88. The molecule has 0 bridgehead atoms. The first kappa shape index (κ1) is 15.1. The largest absolute Gasteiger partial charge is 0.304 e. The molecule has 0 aliphatic rings. The van der Waals surface area contributed by atoms with Crippen LogP contribution in [0.5, 0.6) is 0 Å². The topological polar surface area (TPSA) is 3.24 Å². The lowest BCUT2D eigenvalue weighted by Gasteiger charge is -2.17. The van der Waals surface area contributed by atoms with Crippen LogP contribution in [0.3, 0.4) is 0 Å². The first-order valence-electron chi connectivity index (χ1n) is 8.04. The van der Waals surface area contributed by atoms with E-state index in [1.807, 2.05) is 0 Å². The standard InChI is InChI=1S/C19H27N/c1-3-20(4-2)16-9-5-6-11-17-13-10-14-18-12-7-8-15-19(17)18/h7-8,10,12-15H,3-6,9,11,16H2,1-2H3. The van der Waals surface area contributed by atoms with Crippen molar-refractivity contribution in [2.24, 2.45) is 0 Å². The lowest BCUT2D eigenvalue weighted by atomic mass is 10.00. The van der Waals surface area contributed by atoms with Crippen molar-refractivity contribution in [1.29, 1.82) is 0 Å². The molecule has 108 valence electrons. The molecule has 0 N–H and O–H groups in total. The van der Waals surface area contributed by atoms with Crippen LogP contribution in [0.1, 0.15) is 38.7 Å². The van der Waals surface area contributed by atoms with Gasteiger partial charge in [-0.3, -0.25) is 0 Å². The van der Waals surface area contributed by atoms with Crippen molar-refractivity contribution in [3.63, 3.8) is 0 Å². The summed E-state index contributed by atoms with van der Waals surface area (Å²) in [5, 5.41) is 2.80. The van der Waals surface area contributed by atoms with E-state index in [0.717, 1.165) is 0 Å². The summed E-state index contributed by atoms with van der Waals surface area (Å²) in [5.41, 5.74) is 1.51. The van der Waals surface area contributed by atoms with Gasteiger partial charge in [0.25, 0.3) is 0 Å². The van der Waals surface area contributed by atoms with E-state index >= 15 is 0 Å². The highest BCUT2D eigenvalue weighted by Crippen LogP contribution is 2.20. The maximum Gasteiger partial charge on any atom is -0.00190 e. The van der Waals surface area contributed by atoms with Crippen molar-refractivity contribution >= 4 is 10.8 Å². The molecule has 1 heteroatoms. The van der Waals surface area contributed by atoms with Crippen LogP contribution in [0.25, 0.3) is 10.8 Å². The lowest BCUT2D eigenvalue weighted by molar-refractivity contribution is 0.296. The number of fused-ring (bicyclic) bond motifs is 1. The van der Waals surface area contributed by atoms with Crippen LogP contribution < -0.4 is 0 Å². The molecule has 2 aromatic carbocycles. The zero-order valence-electron chi connectivity index (χ0n) is 12.9. The molecular formula is C19H27N. The summed E-state index contributed by atoms with van der Waals surface area (Å²) in [6.45, 7) is 8.11.